The van der Waals surface area contributed by atoms with Crippen LogP contribution < -0.4 is 0 Å². The molecule has 0 fully saturated rings. The lowest BCUT2D eigenvalue weighted by molar-refractivity contribution is 0.550. The first-order valence-electron chi connectivity index (χ1n) is 5.64. The maximum absolute atomic E-state index is 3.39. The Morgan fingerprint density at radius 3 is 2.50 bits per heavy atom. The second-order valence-corrected chi connectivity index (χ2v) is 5.25. The summed E-state index contributed by atoms with van der Waals surface area (Å²) in [7, 11) is 0. The average Bonchev–Trinajstić information content (AvgIpc) is 2.50. The first-order chi connectivity index (χ1) is 6.46. The maximum Gasteiger partial charge on any atom is 0.0236 e. The molecule has 1 rings (SSSR count). The topological polar surface area (TPSA) is 15.8 Å². The van der Waals surface area contributed by atoms with Gasteiger partial charge in [-0.1, -0.05) is 41.0 Å². The second-order valence-electron chi connectivity index (χ2n) is 5.25. The summed E-state index contributed by atoms with van der Waals surface area (Å²) >= 11 is 0. The molecule has 1 atom stereocenters. The Morgan fingerprint density at radius 1 is 1.36 bits per heavy atom. The Bertz CT molecular complexity index is 278. The van der Waals surface area contributed by atoms with Crippen LogP contribution in [0.2, 0.25) is 0 Å². The minimum Gasteiger partial charge on any atom is -0.364 e. The van der Waals surface area contributed by atoms with Gasteiger partial charge in [0.1, 0.15) is 0 Å². The van der Waals surface area contributed by atoms with Crippen molar-refractivity contribution in [3.8, 4) is 0 Å². The fourth-order valence-electron chi connectivity index (χ4n) is 2.03. The van der Waals surface area contributed by atoms with E-state index in [1.54, 1.807) is 0 Å². The quantitative estimate of drug-likeness (QED) is 0.740. The highest BCUT2D eigenvalue weighted by atomic mass is 14.7. The Kier molecular flexibility index (Phi) is 3.41. The SMILES string of the molecule is CCCC(C)c1cc[nH]c1C(C)(C)C. The van der Waals surface area contributed by atoms with Crippen LogP contribution in [0.4, 0.5) is 0 Å². The van der Waals surface area contributed by atoms with Gasteiger partial charge in [-0.3, -0.25) is 0 Å². The van der Waals surface area contributed by atoms with Crippen LogP contribution in [0.15, 0.2) is 12.3 Å². The molecule has 0 spiro atoms. The van der Waals surface area contributed by atoms with Crippen molar-refractivity contribution in [3.05, 3.63) is 23.5 Å². The van der Waals surface area contributed by atoms with Crippen molar-refractivity contribution in [2.75, 3.05) is 0 Å². The van der Waals surface area contributed by atoms with Gasteiger partial charge in [0.2, 0.25) is 0 Å². The molecule has 0 aromatic carbocycles. The third-order valence-electron chi connectivity index (χ3n) is 2.78. The van der Waals surface area contributed by atoms with E-state index in [9.17, 15) is 0 Å². The number of rotatable bonds is 3. The fourth-order valence-corrected chi connectivity index (χ4v) is 2.03. The third-order valence-corrected chi connectivity index (χ3v) is 2.78. The molecule has 80 valence electrons. The van der Waals surface area contributed by atoms with Crippen LogP contribution in [0, 0.1) is 0 Å². The van der Waals surface area contributed by atoms with Crippen molar-refractivity contribution in [1.29, 1.82) is 0 Å². The molecule has 14 heavy (non-hydrogen) atoms. The van der Waals surface area contributed by atoms with Gasteiger partial charge in [-0.2, -0.15) is 0 Å². The van der Waals surface area contributed by atoms with E-state index < -0.39 is 0 Å². The van der Waals surface area contributed by atoms with E-state index in [2.05, 4.69) is 51.9 Å². The summed E-state index contributed by atoms with van der Waals surface area (Å²) < 4.78 is 0. The zero-order valence-electron chi connectivity index (χ0n) is 10.1. The molecule has 1 heteroatoms. The molecule has 0 aliphatic rings. The Morgan fingerprint density at radius 2 is 2.00 bits per heavy atom. The maximum atomic E-state index is 3.39. The van der Waals surface area contributed by atoms with E-state index in [0.717, 1.165) is 0 Å². The summed E-state index contributed by atoms with van der Waals surface area (Å²) in [6.45, 7) is 11.4. The predicted molar refractivity (Wildman–Crippen MR) is 62.8 cm³/mol. The van der Waals surface area contributed by atoms with Crippen molar-refractivity contribution in [1.82, 2.24) is 4.98 Å². The zero-order chi connectivity index (χ0) is 10.8. The molecule has 1 aromatic heterocycles. The highest BCUT2D eigenvalue weighted by molar-refractivity contribution is 5.29. The molecular formula is C13H23N. The standard InChI is InChI=1S/C13H23N/c1-6-7-10(2)11-8-9-14-12(11)13(3,4)5/h8-10,14H,6-7H2,1-5H3. The van der Waals surface area contributed by atoms with Gasteiger partial charge >= 0.3 is 0 Å². The molecule has 1 aromatic rings. The minimum atomic E-state index is 0.237. The van der Waals surface area contributed by atoms with Gasteiger partial charge < -0.3 is 4.98 Å². The fraction of sp³-hybridized carbons (Fsp3) is 0.692. The Labute approximate surface area is 87.9 Å². The van der Waals surface area contributed by atoms with Crippen molar-refractivity contribution in [2.45, 2.75) is 58.8 Å². The molecule has 0 saturated heterocycles. The number of nitrogens with one attached hydrogen (secondary N) is 1. The van der Waals surface area contributed by atoms with Crippen LogP contribution in [0.25, 0.3) is 0 Å². The lowest BCUT2D eigenvalue weighted by Crippen LogP contribution is -2.15. The van der Waals surface area contributed by atoms with Crippen molar-refractivity contribution in [3.63, 3.8) is 0 Å². The van der Waals surface area contributed by atoms with Crippen molar-refractivity contribution in [2.24, 2.45) is 0 Å². The third kappa shape index (κ3) is 2.40. The Balaban J connectivity index is 2.93. The molecule has 0 bridgehead atoms. The van der Waals surface area contributed by atoms with Crippen LogP contribution in [0.1, 0.15) is 64.6 Å². The number of hydrogen-bond donors (Lipinski definition) is 1. The predicted octanol–water partition coefficient (Wildman–Crippen LogP) is 4.22. The van der Waals surface area contributed by atoms with Gasteiger partial charge in [-0.05, 0) is 24.0 Å². The van der Waals surface area contributed by atoms with Gasteiger partial charge in [-0.15, -0.1) is 0 Å². The smallest absolute Gasteiger partial charge is 0.0236 e. The molecule has 0 aliphatic carbocycles. The summed E-state index contributed by atoms with van der Waals surface area (Å²) in [5, 5.41) is 0. The van der Waals surface area contributed by atoms with Crippen LogP contribution in [0.3, 0.4) is 0 Å². The highest BCUT2D eigenvalue weighted by Crippen LogP contribution is 2.31. The van der Waals surface area contributed by atoms with Crippen molar-refractivity contribution < 1.29 is 0 Å². The molecule has 1 nitrogen and oxygen atoms in total. The zero-order valence-corrected chi connectivity index (χ0v) is 10.1. The minimum absolute atomic E-state index is 0.237. The lowest BCUT2D eigenvalue weighted by atomic mass is 9.85. The van der Waals surface area contributed by atoms with Crippen LogP contribution in [0.5, 0.6) is 0 Å². The molecule has 0 saturated carbocycles. The Hall–Kier alpha value is -0.720. The first-order valence-corrected chi connectivity index (χ1v) is 5.64. The van der Waals surface area contributed by atoms with Crippen LogP contribution >= 0.6 is 0 Å². The van der Waals surface area contributed by atoms with Gasteiger partial charge in [-0.25, -0.2) is 0 Å². The van der Waals surface area contributed by atoms with E-state index in [4.69, 9.17) is 0 Å². The summed E-state index contributed by atoms with van der Waals surface area (Å²) in [5.74, 6) is 0.681. The molecule has 0 radical (unpaired) electrons. The van der Waals surface area contributed by atoms with Gasteiger partial charge in [0.25, 0.3) is 0 Å². The summed E-state index contributed by atoms with van der Waals surface area (Å²) in [5.41, 5.74) is 3.14. The molecule has 1 unspecified atom stereocenters. The van der Waals surface area contributed by atoms with E-state index >= 15 is 0 Å². The molecular weight excluding hydrogens is 170 g/mol. The molecule has 1 heterocycles. The van der Waals surface area contributed by atoms with Crippen LogP contribution in [-0.2, 0) is 5.41 Å². The van der Waals surface area contributed by atoms with Crippen molar-refractivity contribution >= 4 is 0 Å². The van der Waals surface area contributed by atoms with E-state index in [1.165, 1.54) is 24.1 Å². The van der Waals surface area contributed by atoms with E-state index in [1.807, 2.05) is 0 Å². The normalized spacial score (nSPS) is 14.4. The summed E-state index contributed by atoms with van der Waals surface area (Å²) in [6, 6.07) is 2.24. The summed E-state index contributed by atoms with van der Waals surface area (Å²) in [4.78, 5) is 3.39. The van der Waals surface area contributed by atoms with Gasteiger partial charge in [0.05, 0.1) is 0 Å². The van der Waals surface area contributed by atoms with E-state index in [0.29, 0.717) is 5.92 Å². The number of H-pyrrole nitrogens is 1. The second kappa shape index (κ2) is 4.20. The largest absolute Gasteiger partial charge is 0.364 e. The highest BCUT2D eigenvalue weighted by Gasteiger charge is 2.21. The van der Waals surface area contributed by atoms with Gasteiger partial charge in [0.15, 0.2) is 0 Å². The lowest BCUT2D eigenvalue weighted by Gasteiger charge is -2.22. The summed E-state index contributed by atoms with van der Waals surface area (Å²) in [6.07, 6.45) is 4.61. The first kappa shape index (κ1) is 11.4. The molecule has 0 aliphatic heterocycles. The monoisotopic (exact) mass is 193 g/mol. The van der Waals surface area contributed by atoms with Crippen LogP contribution in [-0.4, -0.2) is 4.98 Å². The average molecular weight is 193 g/mol. The van der Waals surface area contributed by atoms with E-state index in [-0.39, 0.29) is 5.41 Å². The molecule has 0 amide bonds. The number of aromatic amines is 1. The number of aromatic nitrogens is 1. The number of hydrogen-bond acceptors (Lipinski definition) is 0. The van der Waals surface area contributed by atoms with Gasteiger partial charge in [0, 0.05) is 17.3 Å². The molecule has 1 N–H and O–H groups in total.